The Balaban J connectivity index is 2.66. The average Bonchev–Trinajstić information content (AvgIpc) is 2.58. The first-order chi connectivity index (χ1) is 8.04. The van der Waals surface area contributed by atoms with Crippen molar-refractivity contribution in [1.29, 1.82) is 0 Å². The fraction of sp³-hybridized carbons (Fsp3) is 0.357. The normalized spacial score (nSPS) is 11.1. The molecule has 1 aromatic heterocycles. The SMILES string of the molecule is Cc1cc2c(C(=O)CCN)cn(C)c2cc1C. The lowest BCUT2D eigenvalue weighted by atomic mass is 10.0. The molecule has 0 aliphatic rings. The number of hydrogen-bond donors (Lipinski definition) is 1. The van der Waals surface area contributed by atoms with Gasteiger partial charge in [0.15, 0.2) is 5.78 Å². The minimum Gasteiger partial charge on any atom is -0.350 e. The van der Waals surface area contributed by atoms with Gasteiger partial charge in [-0.05, 0) is 43.7 Å². The highest BCUT2D eigenvalue weighted by Crippen LogP contribution is 2.25. The lowest BCUT2D eigenvalue weighted by Gasteiger charge is -2.03. The highest BCUT2D eigenvalue weighted by molar-refractivity contribution is 6.08. The molecule has 0 fully saturated rings. The third-order valence-corrected chi connectivity index (χ3v) is 3.28. The number of carbonyl (C=O) groups excluding carboxylic acids is 1. The Morgan fingerprint density at radius 3 is 2.59 bits per heavy atom. The van der Waals surface area contributed by atoms with Gasteiger partial charge >= 0.3 is 0 Å². The molecule has 1 aromatic carbocycles. The predicted octanol–water partition coefficient (Wildman–Crippen LogP) is 2.33. The lowest BCUT2D eigenvalue weighted by molar-refractivity contribution is 0.0987. The van der Waals surface area contributed by atoms with Crippen molar-refractivity contribution in [3.63, 3.8) is 0 Å². The summed E-state index contributed by atoms with van der Waals surface area (Å²) in [4.78, 5) is 12.0. The molecule has 0 spiro atoms. The van der Waals surface area contributed by atoms with Crippen LogP contribution in [0.1, 0.15) is 27.9 Å². The second kappa shape index (κ2) is 4.34. The molecule has 2 N–H and O–H groups in total. The van der Waals surface area contributed by atoms with Gasteiger partial charge in [-0.25, -0.2) is 0 Å². The van der Waals surface area contributed by atoms with E-state index in [1.165, 1.54) is 11.1 Å². The molecule has 0 radical (unpaired) electrons. The fourth-order valence-electron chi connectivity index (χ4n) is 2.13. The Labute approximate surface area is 101 Å². The fourth-order valence-corrected chi connectivity index (χ4v) is 2.13. The number of nitrogens with zero attached hydrogens (tertiary/aromatic N) is 1. The van der Waals surface area contributed by atoms with Crippen LogP contribution in [0.25, 0.3) is 10.9 Å². The summed E-state index contributed by atoms with van der Waals surface area (Å²) in [6.07, 6.45) is 2.31. The maximum absolute atomic E-state index is 12.0. The predicted molar refractivity (Wildman–Crippen MR) is 70.4 cm³/mol. The van der Waals surface area contributed by atoms with Crippen LogP contribution in [0.15, 0.2) is 18.3 Å². The number of nitrogens with two attached hydrogens (primary N) is 1. The van der Waals surface area contributed by atoms with E-state index in [0.717, 1.165) is 16.5 Å². The summed E-state index contributed by atoms with van der Waals surface area (Å²) in [5.74, 6) is 0.126. The van der Waals surface area contributed by atoms with Crippen LogP contribution in [0, 0.1) is 13.8 Å². The van der Waals surface area contributed by atoms with E-state index in [2.05, 4.69) is 26.0 Å². The molecule has 0 amide bonds. The molecule has 0 saturated carbocycles. The minimum atomic E-state index is 0.126. The maximum atomic E-state index is 12.0. The van der Waals surface area contributed by atoms with Crippen LogP contribution in [0.5, 0.6) is 0 Å². The first kappa shape index (κ1) is 11.9. The minimum absolute atomic E-state index is 0.126. The number of aryl methyl sites for hydroxylation is 3. The number of ketones is 1. The van der Waals surface area contributed by atoms with Gasteiger partial charge in [0.25, 0.3) is 0 Å². The molecular weight excluding hydrogens is 212 g/mol. The van der Waals surface area contributed by atoms with Crippen LogP contribution in [0.2, 0.25) is 0 Å². The van der Waals surface area contributed by atoms with E-state index in [0.29, 0.717) is 13.0 Å². The zero-order valence-corrected chi connectivity index (χ0v) is 10.6. The smallest absolute Gasteiger partial charge is 0.166 e. The average molecular weight is 230 g/mol. The largest absolute Gasteiger partial charge is 0.350 e. The monoisotopic (exact) mass is 230 g/mol. The molecule has 2 aromatic rings. The van der Waals surface area contributed by atoms with E-state index >= 15 is 0 Å². The van der Waals surface area contributed by atoms with Gasteiger partial charge in [0.05, 0.1) is 0 Å². The Kier molecular flexibility index (Phi) is 3.03. The van der Waals surface area contributed by atoms with Crippen molar-refractivity contribution in [2.75, 3.05) is 6.54 Å². The van der Waals surface area contributed by atoms with E-state index in [9.17, 15) is 4.79 Å². The molecule has 1 heterocycles. The van der Waals surface area contributed by atoms with Crippen molar-refractivity contribution >= 4 is 16.7 Å². The second-order valence-electron chi connectivity index (χ2n) is 4.57. The molecule has 0 aliphatic heterocycles. The quantitative estimate of drug-likeness (QED) is 0.823. The highest BCUT2D eigenvalue weighted by Gasteiger charge is 2.13. The molecule has 3 heteroatoms. The number of fused-ring (bicyclic) bond motifs is 1. The molecule has 90 valence electrons. The van der Waals surface area contributed by atoms with Crippen LogP contribution >= 0.6 is 0 Å². The van der Waals surface area contributed by atoms with Crippen LogP contribution in [-0.4, -0.2) is 16.9 Å². The first-order valence-electron chi connectivity index (χ1n) is 5.84. The summed E-state index contributed by atoms with van der Waals surface area (Å²) < 4.78 is 2.01. The van der Waals surface area contributed by atoms with Crippen LogP contribution < -0.4 is 5.73 Å². The molecule has 0 atom stereocenters. The molecule has 2 rings (SSSR count). The van der Waals surface area contributed by atoms with E-state index in [-0.39, 0.29) is 5.78 Å². The molecule has 0 bridgehead atoms. The van der Waals surface area contributed by atoms with Crippen molar-refractivity contribution in [1.82, 2.24) is 4.57 Å². The number of Topliss-reactive ketones (excluding diaryl/α,β-unsaturated/α-hetero) is 1. The Hall–Kier alpha value is -1.61. The number of carbonyl (C=O) groups is 1. The summed E-state index contributed by atoms with van der Waals surface area (Å²) in [5.41, 5.74) is 9.80. The standard InChI is InChI=1S/C14H18N2O/c1-9-6-11-12(14(17)4-5-15)8-16(3)13(11)7-10(9)2/h6-8H,4-5,15H2,1-3H3. The van der Waals surface area contributed by atoms with Crippen molar-refractivity contribution in [2.24, 2.45) is 12.8 Å². The van der Waals surface area contributed by atoms with E-state index in [4.69, 9.17) is 5.73 Å². The van der Waals surface area contributed by atoms with Gasteiger partial charge in [-0.2, -0.15) is 0 Å². The first-order valence-corrected chi connectivity index (χ1v) is 5.84. The molecule has 3 nitrogen and oxygen atoms in total. The molecular formula is C14H18N2O. The van der Waals surface area contributed by atoms with Crippen LogP contribution in [0.4, 0.5) is 0 Å². The zero-order chi connectivity index (χ0) is 12.6. The Morgan fingerprint density at radius 2 is 1.94 bits per heavy atom. The van der Waals surface area contributed by atoms with Crippen LogP contribution in [0.3, 0.4) is 0 Å². The van der Waals surface area contributed by atoms with Crippen molar-refractivity contribution < 1.29 is 4.79 Å². The Bertz CT molecular complexity index is 581. The van der Waals surface area contributed by atoms with Crippen molar-refractivity contribution in [2.45, 2.75) is 20.3 Å². The number of benzene rings is 1. The maximum Gasteiger partial charge on any atom is 0.166 e. The van der Waals surface area contributed by atoms with Gasteiger partial charge in [-0.3, -0.25) is 4.79 Å². The lowest BCUT2D eigenvalue weighted by Crippen LogP contribution is -2.07. The molecule has 0 unspecified atom stereocenters. The third kappa shape index (κ3) is 1.98. The second-order valence-corrected chi connectivity index (χ2v) is 4.57. The highest BCUT2D eigenvalue weighted by atomic mass is 16.1. The van der Waals surface area contributed by atoms with E-state index < -0.39 is 0 Å². The third-order valence-electron chi connectivity index (χ3n) is 3.28. The summed E-state index contributed by atoms with van der Waals surface area (Å²) in [6, 6.07) is 4.22. The van der Waals surface area contributed by atoms with Gasteiger partial charge in [-0.15, -0.1) is 0 Å². The number of aromatic nitrogens is 1. The molecule has 0 aliphatic carbocycles. The van der Waals surface area contributed by atoms with Gasteiger partial charge in [0, 0.05) is 36.1 Å². The molecule has 0 saturated heterocycles. The topological polar surface area (TPSA) is 48.0 Å². The van der Waals surface area contributed by atoms with Crippen LogP contribution in [-0.2, 0) is 7.05 Å². The van der Waals surface area contributed by atoms with E-state index in [1.807, 2.05) is 17.8 Å². The zero-order valence-electron chi connectivity index (χ0n) is 10.6. The van der Waals surface area contributed by atoms with Gasteiger partial charge in [-0.1, -0.05) is 0 Å². The van der Waals surface area contributed by atoms with Gasteiger partial charge in [0.1, 0.15) is 0 Å². The van der Waals surface area contributed by atoms with Gasteiger partial charge < -0.3 is 10.3 Å². The Morgan fingerprint density at radius 1 is 1.29 bits per heavy atom. The van der Waals surface area contributed by atoms with Crippen molar-refractivity contribution in [3.8, 4) is 0 Å². The van der Waals surface area contributed by atoms with E-state index in [1.54, 1.807) is 0 Å². The summed E-state index contributed by atoms with van der Waals surface area (Å²) in [6.45, 7) is 4.56. The van der Waals surface area contributed by atoms with Gasteiger partial charge in [0.2, 0.25) is 0 Å². The molecule has 17 heavy (non-hydrogen) atoms. The summed E-state index contributed by atoms with van der Waals surface area (Å²) in [5, 5.41) is 1.04. The summed E-state index contributed by atoms with van der Waals surface area (Å²) in [7, 11) is 1.97. The number of rotatable bonds is 3. The summed E-state index contributed by atoms with van der Waals surface area (Å²) >= 11 is 0. The number of hydrogen-bond acceptors (Lipinski definition) is 2. The van der Waals surface area contributed by atoms with Crippen molar-refractivity contribution in [3.05, 3.63) is 35.0 Å².